The minimum absolute atomic E-state index is 0.207. The molecule has 2 aromatic heterocycles. The van der Waals surface area contributed by atoms with Gasteiger partial charge in [0.15, 0.2) is 0 Å². The molecule has 0 saturated carbocycles. The highest BCUT2D eigenvalue weighted by Gasteiger charge is 2.35. The zero-order chi connectivity index (χ0) is 10.3. The zero-order valence-corrected chi connectivity index (χ0v) is 6.72. The smallest absolute Gasteiger partial charge is 0.293 e. The van der Waals surface area contributed by atoms with E-state index in [1.165, 1.54) is 6.07 Å². The monoisotopic (exact) mass is 204 g/mol. The van der Waals surface area contributed by atoms with Gasteiger partial charge in [-0.1, -0.05) is 0 Å². The highest BCUT2D eigenvalue weighted by Crippen LogP contribution is 2.28. The van der Waals surface area contributed by atoms with Gasteiger partial charge in [0.1, 0.15) is 5.82 Å². The Hall–Kier alpha value is -1.59. The van der Waals surface area contributed by atoms with Crippen LogP contribution in [0.15, 0.2) is 24.5 Å². The van der Waals surface area contributed by atoms with Crippen molar-refractivity contribution in [3.63, 3.8) is 0 Å². The third-order valence-electron chi connectivity index (χ3n) is 1.74. The van der Waals surface area contributed by atoms with E-state index in [1.54, 1.807) is 0 Å². The molecule has 0 unspecified atom stereocenters. The SMILES string of the molecule is Fc1ccc2cnc(C(F)(F)F)n2c1. The van der Waals surface area contributed by atoms with Crippen LogP contribution in [0.5, 0.6) is 0 Å². The molecule has 0 bridgehead atoms. The Morgan fingerprint density at radius 2 is 1.93 bits per heavy atom. The fraction of sp³-hybridized carbons (Fsp3) is 0.125. The molecule has 2 rings (SSSR count). The van der Waals surface area contributed by atoms with E-state index < -0.39 is 17.8 Å². The van der Waals surface area contributed by atoms with Crippen molar-refractivity contribution >= 4 is 5.52 Å². The molecule has 2 aromatic rings. The molecule has 0 aliphatic heterocycles. The van der Waals surface area contributed by atoms with Gasteiger partial charge in [0.25, 0.3) is 0 Å². The molecule has 6 heteroatoms. The first-order valence-corrected chi connectivity index (χ1v) is 3.68. The Labute approximate surface area is 75.8 Å². The summed E-state index contributed by atoms with van der Waals surface area (Å²) in [5.41, 5.74) is 0.207. The molecule has 0 atom stereocenters. The first-order chi connectivity index (χ1) is 6.48. The molecule has 2 nitrogen and oxygen atoms in total. The van der Waals surface area contributed by atoms with E-state index in [9.17, 15) is 17.6 Å². The van der Waals surface area contributed by atoms with Crippen LogP contribution in [0.2, 0.25) is 0 Å². The average Bonchev–Trinajstić information content (AvgIpc) is 2.45. The third-order valence-corrected chi connectivity index (χ3v) is 1.74. The van der Waals surface area contributed by atoms with Crippen molar-refractivity contribution in [2.45, 2.75) is 6.18 Å². The molecule has 0 saturated heterocycles. The molecular weight excluding hydrogens is 200 g/mol. The maximum atomic E-state index is 12.7. The summed E-state index contributed by atoms with van der Waals surface area (Å²) in [6, 6.07) is 2.31. The van der Waals surface area contributed by atoms with Crippen molar-refractivity contribution in [1.82, 2.24) is 9.38 Å². The van der Waals surface area contributed by atoms with Gasteiger partial charge in [-0.3, -0.25) is 4.40 Å². The quantitative estimate of drug-likeness (QED) is 0.602. The molecule has 0 fully saturated rings. The summed E-state index contributed by atoms with van der Waals surface area (Å²) >= 11 is 0. The fourth-order valence-electron chi connectivity index (χ4n) is 1.17. The van der Waals surface area contributed by atoms with Crippen molar-refractivity contribution in [2.75, 3.05) is 0 Å². The number of hydrogen-bond acceptors (Lipinski definition) is 1. The van der Waals surface area contributed by atoms with Crippen LogP contribution in [0.25, 0.3) is 5.52 Å². The second-order valence-electron chi connectivity index (χ2n) is 2.72. The lowest BCUT2D eigenvalue weighted by molar-refractivity contribution is -0.145. The second kappa shape index (κ2) is 2.70. The van der Waals surface area contributed by atoms with Crippen LogP contribution < -0.4 is 0 Å². The fourth-order valence-corrected chi connectivity index (χ4v) is 1.17. The van der Waals surface area contributed by atoms with E-state index in [2.05, 4.69) is 4.98 Å². The topological polar surface area (TPSA) is 17.3 Å². The summed E-state index contributed by atoms with van der Waals surface area (Å²) < 4.78 is 50.2. The molecule has 74 valence electrons. The van der Waals surface area contributed by atoms with Crippen LogP contribution >= 0.6 is 0 Å². The highest BCUT2D eigenvalue weighted by molar-refractivity contribution is 5.46. The molecular formula is C8H4F4N2. The molecule has 0 spiro atoms. The van der Waals surface area contributed by atoms with Crippen molar-refractivity contribution in [3.8, 4) is 0 Å². The predicted octanol–water partition coefficient (Wildman–Crippen LogP) is 2.49. The van der Waals surface area contributed by atoms with E-state index in [0.29, 0.717) is 4.40 Å². The van der Waals surface area contributed by atoms with Crippen LogP contribution in [0.3, 0.4) is 0 Å². The minimum Gasteiger partial charge on any atom is -0.293 e. The van der Waals surface area contributed by atoms with Crippen LogP contribution in [-0.2, 0) is 6.18 Å². The van der Waals surface area contributed by atoms with E-state index >= 15 is 0 Å². The minimum atomic E-state index is -4.57. The number of nitrogens with zero attached hydrogens (tertiary/aromatic N) is 2. The Kier molecular flexibility index (Phi) is 1.73. The first-order valence-electron chi connectivity index (χ1n) is 3.68. The van der Waals surface area contributed by atoms with Gasteiger partial charge in [-0.2, -0.15) is 13.2 Å². The van der Waals surface area contributed by atoms with E-state index in [-0.39, 0.29) is 5.52 Å². The Morgan fingerprint density at radius 1 is 1.21 bits per heavy atom. The van der Waals surface area contributed by atoms with Gasteiger partial charge in [-0.05, 0) is 12.1 Å². The Balaban J connectivity index is 2.73. The first kappa shape index (κ1) is 8.98. The summed E-state index contributed by atoms with van der Waals surface area (Å²) in [7, 11) is 0. The highest BCUT2D eigenvalue weighted by atomic mass is 19.4. The molecule has 0 aliphatic rings. The number of halogens is 4. The zero-order valence-electron chi connectivity index (χ0n) is 6.72. The average molecular weight is 204 g/mol. The second-order valence-corrected chi connectivity index (χ2v) is 2.72. The molecule has 0 radical (unpaired) electrons. The van der Waals surface area contributed by atoms with Gasteiger partial charge in [0.2, 0.25) is 5.82 Å². The number of aromatic nitrogens is 2. The summed E-state index contributed by atoms with van der Waals surface area (Å²) in [5, 5.41) is 0. The normalized spacial score (nSPS) is 12.3. The van der Waals surface area contributed by atoms with Crippen LogP contribution in [-0.4, -0.2) is 9.38 Å². The third kappa shape index (κ3) is 1.32. The van der Waals surface area contributed by atoms with E-state index in [0.717, 1.165) is 18.5 Å². The van der Waals surface area contributed by atoms with E-state index in [4.69, 9.17) is 0 Å². The maximum Gasteiger partial charge on any atom is 0.450 e. The molecule has 0 aromatic carbocycles. The lowest BCUT2D eigenvalue weighted by Crippen LogP contribution is -2.10. The number of imidazole rings is 1. The van der Waals surface area contributed by atoms with Gasteiger partial charge in [-0.25, -0.2) is 9.37 Å². The summed E-state index contributed by atoms with van der Waals surface area (Å²) in [5.74, 6) is -1.85. The number of alkyl halides is 3. The van der Waals surface area contributed by atoms with E-state index in [1.807, 2.05) is 0 Å². The van der Waals surface area contributed by atoms with Gasteiger partial charge < -0.3 is 0 Å². The number of pyridine rings is 1. The largest absolute Gasteiger partial charge is 0.450 e. The van der Waals surface area contributed by atoms with Crippen LogP contribution in [0.4, 0.5) is 17.6 Å². The van der Waals surface area contributed by atoms with Crippen molar-refractivity contribution in [3.05, 3.63) is 36.2 Å². The maximum absolute atomic E-state index is 12.7. The van der Waals surface area contributed by atoms with Gasteiger partial charge in [0, 0.05) is 6.20 Å². The molecule has 0 N–H and O–H groups in total. The molecule has 0 amide bonds. The Morgan fingerprint density at radius 3 is 2.57 bits per heavy atom. The Bertz CT molecular complexity index is 472. The summed E-state index contributed by atoms with van der Waals surface area (Å²) in [4.78, 5) is 3.18. The number of rotatable bonds is 0. The summed E-state index contributed by atoms with van der Waals surface area (Å²) in [6.45, 7) is 0. The van der Waals surface area contributed by atoms with Crippen molar-refractivity contribution < 1.29 is 17.6 Å². The van der Waals surface area contributed by atoms with Gasteiger partial charge in [-0.15, -0.1) is 0 Å². The summed E-state index contributed by atoms with van der Waals surface area (Å²) in [6.07, 6.45) is -2.77. The molecule has 2 heterocycles. The van der Waals surface area contributed by atoms with Crippen molar-refractivity contribution in [2.24, 2.45) is 0 Å². The van der Waals surface area contributed by atoms with Crippen LogP contribution in [0, 0.1) is 5.82 Å². The van der Waals surface area contributed by atoms with Crippen molar-refractivity contribution in [1.29, 1.82) is 0 Å². The molecule has 14 heavy (non-hydrogen) atoms. The van der Waals surface area contributed by atoms with Gasteiger partial charge >= 0.3 is 6.18 Å². The lowest BCUT2D eigenvalue weighted by Gasteiger charge is -2.04. The predicted molar refractivity (Wildman–Crippen MR) is 40.2 cm³/mol. The molecule has 0 aliphatic carbocycles. The standard InChI is InChI=1S/C8H4F4N2/c9-5-1-2-6-3-13-7(8(10,11)12)14(6)4-5/h1-4H. The lowest BCUT2D eigenvalue weighted by atomic mass is 10.4. The number of hydrogen-bond donors (Lipinski definition) is 0. The van der Waals surface area contributed by atoms with Gasteiger partial charge in [0.05, 0.1) is 11.7 Å². The number of fused-ring (bicyclic) bond motifs is 1. The van der Waals surface area contributed by atoms with Crippen LogP contribution in [0.1, 0.15) is 5.82 Å².